The summed E-state index contributed by atoms with van der Waals surface area (Å²) < 4.78 is 12.3. The number of carbonyl (C=O) groups is 1. The number of hydrogen-bond acceptors (Lipinski definition) is 4. The normalized spacial score (nSPS) is 11.9. The molecule has 1 heterocycles. The number of benzene rings is 2. The largest absolute Gasteiger partial charge is 0.497 e. The molecule has 2 amide bonds. The van der Waals surface area contributed by atoms with Gasteiger partial charge in [0.25, 0.3) is 0 Å². The van der Waals surface area contributed by atoms with E-state index in [1.54, 1.807) is 32.4 Å². The molecule has 3 aromatic rings. The van der Waals surface area contributed by atoms with Crippen molar-refractivity contribution in [3.63, 3.8) is 0 Å². The molecule has 1 unspecified atom stereocenters. The van der Waals surface area contributed by atoms with Crippen LogP contribution >= 0.6 is 0 Å². The van der Waals surface area contributed by atoms with E-state index < -0.39 is 12.1 Å². The molecule has 1 aromatic heterocycles. The molecular formula is C20H23N3O4. The third-order valence-corrected chi connectivity index (χ3v) is 4.35. The highest BCUT2D eigenvalue weighted by Crippen LogP contribution is 2.27. The molecule has 0 fully saturated rings. The number of aryl methyl sites for hydroxylation is 1. The van der Waals surface area contributed by atoms with Gasteiger partial charge in [-0.1, -0.05) is 18.2 Å². The molecular weight excluding hydrogens is 346 g/mol. The Kier molecular flexibility index (Phi) is 5.52. The van der Waals surface area contributed by atoms with Crippen molar-refractivity contribution in [2.24, 2.45) is 7.05 Å². The van der Waals surface area contributed by atoms with Gasteiger partial charge in [-0.15, -0.1) is 0 Å². The number of anilines is 1. The van der Waals surface area contributed by atoms with Gasteiger partial charge in [0, 0.05) is 60.1 Å². The van der Waals surface area contributed by atoms with E-state index in [9.17, 15) is 9.90 Å². The lowest BCUT2D eigenvalue weighted by Crippen LogP contribution is -2.32. The maximum atomic E-state index is 12.2. The van der Waals surface area contributed by atoms with Crippen LogP contribution in [-0.2, 0) is 7.05 Å². The zero-order valence-electron chi connectivity index (χ0n) is 15.5. The third-order valence-electron chi connectivity index (χ3n) is 4.35. The average Bonchev–Trinajstić information content (AvgIpc) is 3.03. The number of ether oxygens (including phenoxy) is 2. The molecule has 0 spiro atoms. The summed E-state index contributed by atoms with van der Waals surface area (Å²) in [4.78, 5) is 12.2. The number of para-hydroxylation sites is 1. The van der Waals surface area contributed by atoms with E-state index >= 15 is 0 Å². The highest BCUT2D eigenvalue weighted by atomic mass is 16.5. The van der Waals surface area contributed by atoms with Gasteiger partial charge in [0.2, 0.25) is 0 Å². The van der Waals surface area contributed by atoms with Gasteiger partial charge in [-0.25, -0.2) is 4.79 Å². The Morgan fingerprint density at radius 2 is 1.81 bits per heavy atom. The van der Waals surface area contributed by atoms with Crippen LogP contribution in [0.15, 0.2) is 48.7 Å². The summed E-state index contributed by atoms with van der Waals surface area (Å²) in [6.45, 7) is 0.0843. The fourth-order valence-electron chi connectivity index (χ4n) is 2.99. The Balaban J connectivity index is 1.65. The second kappa shape index (κ2) is 8.01. The number of carbonyl (C=O) groups excluding carboxylic acids is 1. The van der Waals surface area contributed by atoms with Crippen LogP contribution < -0.4 is 20.1 Å². The highest BCUT2D eigenvalue weighted by Gasteiger charge is 2.15. The highest BCUT2D eigenvalue weighted by molar-refractivity contribution is 5.90. The van der Waals surface area contributed by atoms with Crippen molar-refractivity contribution in [2.75, 3.05) is 26.1 Å². The van der Waals surface area contributed by atoms with E-state index in [0.29, 0.717) is 17.2 Å². The second-order valence-corrected chi connectivity index (χ2v) is 6.16. The minimum Gasteiger partial charge on any atom is -0.497 e. The Labute approximate surface area is 157 Å². The van der Waals surface area contributed by atoms with E-state index in [4.69, 9.17) is 9.47 Å². The molecule has 0 bridgehead atoms. The van der Waals surface area contributed by atoms with Crippen molar-refractivity contribution in [2.45, 2.75) is 6.10 Å². The standard InChI is InChI=1S/C20H23N3O4/c1-23-12-17(16-6-4-5-7-18(16)23)19(24)11-21-20(25)22-13-8-14(26-2)10-15(9-13)27-3/h4-10,12,19,24H,11H2,1-3H3,(H2,21,22,25). The van der Waals surface area contributed by atoms with Crippen molar-refractivity contribution in [1.82, 2.24) is 9.88 Å². The van der Waals surface area contributed by atoms with E-state index in [1.807, 2.05) is 42.1 Å². The first kappa shape index (κ1) is 18.6. The Morgan fingerprint density at radius 1 is 1.15 bits per heavy atom. The van der Waals surface area contributed by atoms with Gasteiger partial charge in [-0.2, -0.15) is 0 Å². The number of methoxy groups -OCH3 is 2. The zero-order chi connectivity index (χ0) is 19.4. The summed E-state index contributed by atoms with van der Waals surface area (Å²) in [5.74, 6) is 1.14. The van der Waals surface area contributed by atoms with Gasteiger partial charge in [0.05, 0.1) is 20.3 Å². The molecule has 142 valence electrons. The van der Waals surface area contributed by atoms with Gasteiger partial charge >= 0.3 is 6.03 Å². The van der Waals surface area contributed by atoms with Crippen molar-refractivity contribution in [1.29, 1.82) is 0 Å². The molecule has 0 aliphatic heterocycles. The minimum absolute atomic E-state index is 0.0843. The molecule has 0 saturated heterocycles. The van der Waals surface area contributed by atoms with Gasteiger partial charge < -0.3 is 29.8 Å². The van der Waals surface area contributed by atoms with Gasteiger partial charge in [-0.3, -0.25) is 0 Å². The number of nitrogens with zero attached hydrogens (tertiary/aromatic N) is 1. The molecule has 3 rings (SSSR count). The number of aliphatic hydroxyl groups is 1. The Bertz CT molecular complexity index is 929. The molecule has 7 nitrogen and oxygen atoms in total. The number of rotatable bonds is 6. The SMILES string of the molecule is COc1cc(NC(=O)NCC(O)c2cn(C)c3ccccc23)cc(OC)c1. The maximum absolute atomic E-state index is 12.2. The molecule has 7 heteroatoms. The van der Waals surface area contributed by atoms with Gasteiger partial charge in [-0.05, 0) is 6.07 Å². The van der Waals surface area contributed by atoms with E-state index in [0.717, 1.165) is 16.5 Å². The second-order valence-electron chi connectivity index (χ2n) is 6.16. The fourth-order valence-corrected chi connectivity index (χ4v) is 2.99. The summed E-state index contributed by atoms with van der Waals surface area (Å²) in [7, 11) is 5.01. The summed E-state index contributed by atoms with van der Waals surface area (Å²) >= 11 is 0. The van der Waals surface area contributed by atoms with Crippen molar-refractivity contribution in [3.05, 3.63) is 54.2 Å². The van der Waals surface area contributed by atoms with Crippen LogP contribution in [0.5, 0.6) is 11.5 Å². The first-order valence-corrected chi connectivity index (χ1v) is 8.51. The molecule has 0 aliphatic rings. The molecule has 27 heavy (non-hydrogen) atoms. The maximum Gasteiger partial charge on any atom is 0.319 e. The van der Waals surface area contributed by atoms with E-state index in [1.165, 1.54) is 0 Å². The van der Waals surface area contributed by atoms with Gasteiger partial charge in [0.15, 0.2) is 0 Å². The molecule has 2 aromatic carbocycles. The van der Waals surface area contributed by atoms with Crippen molar-refractivity contribution in [3.8, 4) is 11.5 Å². The Morgan fingerprint density at radius 3 is 2.48 bits per heavy atom. The minimum atomic E-state index is -0.818. The molecule has 0 saturated carbocycles. The predicted molar refractivity (Wildman–Crippen MR) is 104 cm³/mol. The van der Waals surface area contributed by atoms with Crippen LogP contribution in [0.1, 0.15) is 11.7 Å². The van der Waals surface area contributed by atoms with E-state index in [-0.39, 0.29) is 6.54 Å². The number of fused-ring (bicyclic) bond motifs is 1. The zero-order valence-corrected chi connectivity index (χ0v) is 15.5. The van der Waals surface area contributed by atoms with Gasteiger partial charge in [0.1, 0.15) is 11.5 Å². The summed E-state index contributed by atoms with van der Waals surface area (Å²) in [6, 6.07) is 12.5. The van der Waals surface area contributed by atoms with Crippen molar-refractivity contribution < 1.29 is 19.4 Å². The predicted octanol–water partition coefficient (Wildman–Crippen LogP) is 3.05. The smallest absolute Gasteiger partial charge is 0.319 e. The number of aromatic nitrogens is 1. The topological polar surface area (TPSA) is 84.8 Å². The fraction of sp³-hybridized carbons (Fsp3) is 0.250. The number of nitrogens with one attached hydrogen (secondary N) is 2. The quantitative estimate of drug-likeness (QED) is 0.623. The average molecular weight is 369 g/mol. The molecule has 1 atom stereocenters. The monoisotopic (exact) mass is 369 g/mol. The molecule has 3 N–H and O–H groups in total. The first-order chi connectivity index (χ1) is 13.0. The summed E-state index contributed by atoms with van der Waals surface area (Å²) in [5, 5.41) is 16.9. The number of amides is 2. The summed E-state index contributed by atoms with van der Waals surface area (Å²) in [6.07, 6.45) is 1.06. The van der Waals surface area contributed by atoms with Crippen LogP contribution in [0.4, 0.5) is 10.5 Å². The van der Waals surface area contributed by atoms with E-state index in [2.05, 4.69) is 10.6 Å². The lowest BCUT2D eigenvalue weighted by molar-refractivity contribution is 0.176. The van der Waals surface area contributed by atoms with Crippen molar-refractivity contribution >= 4 is 22.6 Å². The molecule has 0 radical (unpaired) electrons. The lowest BCUT2D eigenvalue weighted by Gasteiger charge is -2.13. The Hall–Kier alpha value is -3.19. The molecule has 0 aliphatic carbocycles. The van der Waals surface area contributed by atoms with Crippen LogP contribution in [0, 0.1) is 0 Å². The number of aliphatic hydroxyl groups excluding tert-OH is 1. The van der Waals surface area contributed by atoms with Crippen LogP contribution in [0.3, 0.4) is 0 Å². The summed E-state index contributed by atoms with van der Waals surface area (Å²) in [5.41, 5.74) is 2.33. The number of hydrogen-bond donors (Lipinski definition) is 3. The lowest BCUT2D eigenvalue weighted by atomic mass is 10.1. The number of urea groups is 1. The third kappa shape index (κ3) is 4.15. The van der Waals surface area contributed by atoms with Crippen LogP contribution in [0.2, 0.25) is 0 Å². The van der Waals surface area contributed by atoms with Crippen LogP contribution in [0.25, 0.3) is 10.9 Å². The first-order valence-electron chi connectivity index (χ1n) is 8.51. The van der Waals surface area contributed by atoms with Crippen LogP contribution in [-0.4, -0.2) is 36.5 Å².